The van der Waals surface area contributed by atoms with Crippen molar-refractivity contribution in [3.63, 3.8) is 0 Å². The third kappa shape index (κ3) is 2.90. The Bertz CT molecular complexity index is 522. The van der Waals surface area contributed by atoms with Crippen molar-refractivity contribution < 1.29 is 9.90 Å². The molecule has 3 heteroatoms. The maximum Gasteiger partial charge on any atom is 0.176 e. The van der Waals surface area contributed by atoms with Crippen molar-refractivity contribution in [3.05, 3.63) is 48.0 Å². The fourth-order valence-corrected chi connectivity index (χ4v) is 1.75. The maximum atomic E-state index is 11.8. The summed E-state index contributed by atoms with van der Waals surface area (Å²) in [5.74, 6) is 0.0456. The molecule has 17 heavy (non-hydrogen) atoms. The summed E-state index contributed by atoms with van der Waals surface area (Å²) in [6.07, 6.45) is 0. The predicted octanol–water partition coefficient (Wildman–Crippen LogP) is 1.60. The van der Waals surface area contributed by atoms with Crippen molar-refractivity contribution in [1.29, 1.82) is 0 Å². The van der Waals surface area contributed by atoms with E-state index in [9.17, 15) is 4.79 Å². The molecule has 0 amide bonds. The lowest BCUT2D eigenvalue weighted by Gasteiger charge is -2.04. The van der Waals surface area contributed by atoms with Gasteiger partial charge < -0.3 is 10.4 Å². The van der Waals surface area contributed by atoms with Gasteiger partial charge in [-0.2, -0.15) is 0 Å². The lowest BCUT2D eigenvalue weighted by Crippen LogP contribution is -2.25. The van der Waals surface area contributed by atoms with E-state index in [4.69, 9.17) is 5.11 Å². The van der Waals surface area contributed by atoms with E-state index < -0.39 is 0 Å². The summed E-state index contributed by atoms with van der Waals surface area (Å²) < 4.78 is 0. The van der Waals surface area contributed by atoms with Crippen molar-refractivity contribution in [3.8, 4) is 0 Å². The third-order valence-corrected chi connectivity index (χ3v) is 2.65. The molecule has 0 radical (unpaired) electrons. The number of Topliss-reactive ketones (excluding diaryl/α,β-unsaturated/α-hetero) is 1. The van der Waals surface area contributed by atoms with Gasteiger partial charge in [-0.05, 0) is 16.8 Å². The second-order valence-electron chi connectivity index (χ2n) is 3.89. The number of ketones is 1. The zero-order chi connectivity index (χ0) is 12.1. The van der Waals surface area contributed by atoms with Gasteiger partial charge >= 0.3 is 0 Å². The number of hydrogen-bond acceptors (Lipinski definition) is 3. The van der Waals surface area contributed by atoms with E-state index in [-0.39, 0.29) is 18.9 Å². The largest absolute Gasteiger partial charge is 0.395 e. The molecular formula is C14H15NO2. The van der Waals surface area contributed by atoms with Crippen LogP contribution in [-0.2, 0) is 0 Å². The highest BCUT2D eigenvalue weighted by molar-refractivity contribution is 6.01. The van der Waals surface area contributed by atoms with Crippen LogP contribution in [0.4, 0.5) is 0 Å². The first kappa shape index (κ1) is 11.8. The van der Waals surface area contributed by atoms with E-state index in [0.29, 0.717) is 12.1 Å². The summed E-state index contributed by atoms with van der Waals surface area (Å²) in [7, 11) is 0. The van der Waals surface area contributed by atoms with Crippen LogP contribution in [0.3, 0.4) is 0 Å². The Labute approximate surface area is 100 Å². The third-order valence-electron chi connectivity index (χ3n) is 2.65. The van der Waals surface area contributed by atoms with Gasteiger partial charge in [0.1, 0.15) is 0 Å². The van der Waals surface area contributed by atoms with Gasteiger partial charge in [-0.15, -0.1) is 0 Å². The van der Waals surface area contributed by atoms with Crippen LogP contribution in [-0.4, -0.2) is 30.6 Å². The number of aliphatic hydroxyl groups is 1. The number of nitrogens with one attached hydrogen (secondary N) is 1. The molecule has 0 heterocycles. The van der Waals surface area contributed by atoms with Crippen LogP contribution in [0.1, 0.15) is 10.4 Å². The topological polar surface area (TPSA) is 49.3 Å². The zero-order valence-corrected chi connectivity index (χ0v) is 9.52. The summed E-state index contributed by atoms with van der Waals surface area (Å²) in [5, 5.41) is 13.7. The number of carbonyl (C=O) groups is 1. The Balaban J connectivity index is 2.15. The van der Waals surface area contributed by atoms with E-state index in [2.05, 4.69) is 5.32 Å². The summed E-state index contributed by atoms with van der Waals surface area (Å²) >= 11 is 0. The van der Waals surface area contributed by atoms with Crippen molar-refractivity contribution >= 4 is 16.6 Å². The van der Waals surface area contributed by atoms with Crippen LogP contribution >= 0.6 is 0 Å². The molecule has 0 aliphatic rings. The highest BCUT2D eigenvalue weighted by Crippen LogP contribution is 2.15. The molecule has 0 bridgehead atoms. The standard InChI is InChI=1S/C14H15NO2/c16-8-7-15-10-14(17)13-6-5-11-3-1-2-4-12(11)9-13/h1-6,9,15-16H,7-8,10H2. The fourth-order valence-electron chi connectivity index (χ4n) is 1.75. The molecule has 3 nitrogen and oxygen atoms in total. The summed E-state index contributed by atoms with van der Waals surface area (Å²) in [6, 6.07) is 13.6. The van der Waals surface area contributed by atoms with Crippen LogP contribution < -0.4 is 5.32 Å². The second kappa shape index (κ2) is 5.57. The summed E-state index contributed by atoms with van der Waals surface area (Å²) in [6.45, 7) is 0.753. The van der Waals surface area contributed by atoms with E-state index in [1.54, 1.807) is 0 Å². The molecule has 2 N–H and O–H groups in total. The van der Waals surface area contributed by atoms with Gasteiger partial charge in [-0.1, -0.05) is 36.4 Å². The quantitative estimate of drug-likeness (QED) is 0.605. The number of fused-ring (bicyclic) bond motifs is 1. The lowest BCUT2D eigenvalue weighted by molar-refractivity contribution is 0.0990. The molecule has 0 saturated carbocycles. The Kier molecular flexibility index (Phi) is 3.85. The monoisotopic (exact) mass is 229 g/mol. The summed E-state index contributed by atoms with van der Waals surface area (Å²) in [5.41, 5.74) is 0.703. The normalized spacial score (nSPS) is 10.6. The van der Waals surface area contributed by atoms with Gasteiger partial charge in [0, 0.05) is 12.1 Å². The molecule has 0 unspecified atom stereocenters. The molecule has 2 aromatic rings. The lowest BCUT2D eigenvalue weighted by atomic mass is 10.0. The maximum absolute atomic E-state index is 11.8. The van der Waals surface area contributed by atoms with E-state index in [1.807, 2.05) is 42.5 Å². The number of benzene rings is 2. The molecular weight excluding hydrogens is 214 g/mol. The highest BCUT2D eigenvalue weighted by atomic mass is 16.3. The average Bonchev–Trinajstić information content (AvgIpc) is 2.38. The molecule has 0 fully saturated rings. The van der Waals surface area contributed by atoms with Crippen LogP contribution in [0, 0.1) is 0 Å². The first-order valence-corrected chi connectivity index (χ1v) is 5.65. The number of aliphatic hydroxyl groups excluding tert-OH is 1. The van der Waals surface area contributed by atoms with Gasteiger partial charge in [-0.25, -0.2) is 0 Å². The molecule has 88 valence electrons. The van der Waals surface area contributed by atoms with Crippen LogP contribution in [0.2, 0.25) is 0 Å². The minimum absolute atomic E-state index is 0.0456. The SMILES string of the molecule is O=C(CNCCO)c1ccc2ccccc2c1. The van der Waals surface area contributed by atoms with E-state index in [0.717, 1.165) is 10.8 Å². The van der Waals surface area contributed by atoms with E-state index >= 15 is 0 Å². The van der Waals surface area contributed by atoms with Crippen LogP contribution in [0.25, 0.3) is 10.8 Å². The highest BCUT2D eigenvalue weighted by Gasteiger charge is 2.05. The van der Waals surface area contributed by atoms with Crippen molar-refractivity contribution in [2.75, 3.05) is 19.7 Å². The molecule has 0 spiro atoms. The van der Waals surface area contributed by atoms with Gasteiger partial charge in [0.2, 0.25) is 0 Å². The van der Waals surface area contributed by atoms with Gasteiger partial charge in [0.15, 0.2) is 5.78 Å². The molecule has 0 aliphatic heterocycles. The Morgan fingerprint density at radius 1 is 1.12 bits per heavy atom. The first-order valence-electron chi connectivity index (χ1n) is 5.65. The minimum atomic E-state index is 0.0456. The zero-order valence-electron chi connectivity index (χ0n) is 9.52. The Morgan fingerprint density at radius 2 is 1.88 bits per heavy atom. The van der Waals surface area contributed by atoms with Crippen LogP contribution in [0.5, 0.6) is 0 Å². The number of rotatable bonds is 5. The molecule has 2 aromatic carbocycles. The average molecular weight is 229 g/mol. The smallest absolute Gasteiger partial charge is 0.176 e. The van der Waals surface area contributed by atoms with Crippen molar-refractivity contribution in [2.24, 2.45) is 0 Å². The molecule has 0 saturated heterocycles. The molecule has 2 rings (SSSR count). The van der Waals surface area contributed by atoms with Crippen molar-refractivity contribution in [2.45, 2.75) is 0 Å². The van der Waals surface area contributed by atoms with Gasteiger partial charge in [0.25, 0.3) is 0 Å². The number of hydrogen-bond donors (Lipinski definition) is 2. The minimum Gasteiger partial charge on any atom is -0.395 e. The summed E-state index contributed by atoms with van der Waals surface area (Å²) in [4.78, 5) is 11.8. The Hall–Kier alpha value is -1.71. The molecule has 0 aliphatic carbocycles. The molecule has 0 atom stereocenters. The molecule has 0 aromatic heterocycles. The Morgan fingerprint density at radius 3 is 2.65 bits per heavy atom. The first-order chi connectivity index (χ1) is 8.31. The van der Waals surface area contributed by atoms with Crippen molar-refractivity contribution in [1.82, 2.24) is 5.32 Å². The number of carbonyl (C=O) groups excluding carboxylic acids is 1. The van der Waals surface area contributed by atoms with Crippen LogP contribution in [0.15, 0.2) is 42.5 Å². The second-order valence-corrected chi connectivity index (χ2v) is 3.89. The van der Waals surface area contributed by atoms with Gasteiger partial charge in [-0.3, -0.25) is 4.79 Å². The fraction of sp³-hybridized carbons (Fsp3) is 0.214. The predicted molar refractivity (Wildman–Crippen MR) is 68.2 cm³/mol. The van der Waals surface area contributed by atoms with E-state index in [1.165, 1.54) is 0 Å². The van der Waals surface area contributed by atoms with Gasteiger partial charge in [0.05, 0.1) is 13.2 Å².